The molecule has 1 saturated heterocycles. The van der Waals surface area contributed by atoms with E-state index in [2.05, 4.69) is 6.92 Å². The van der Waals surface area contributed by atoms with E-state index in [1.54, 1.807) is 6.07 Å². The van der Waals surface area contributed by atoms with Crippen molar-refractivity contribution in [2.24, 2.45) is 5.92 Å². The highest BCUT2D eigenvalue weighted by Crippen LogP contribution is 2.33. The molecule has 0 aromatic heterocycles. The van der Waals surface area contributed by atoms with Crippen molar-refractivity contribution in [2.75, 3.05) is 26.5 Å². The van der Waals surface area contributed by atoms with Crippen LogP contribution in [0.3, 0.4) is 0 Å². The number of alkyl halides is 1. The Hall–Kier alpha value is -2.90. The van der Waals surface area contributed by atoms with Crippen LogP contribution in [0.25, 0.3) is 22.3 Å². The van der Waals surface area contributed by atoms with Crippen molar-refractivity contribution in [3.63, 3.8) is 0 Å². The average molecular weight is 489 g/mol. The largest absolute Gasteiger partial charge is 0.485 e. The molecule has 0 amide bonds. The Morgan fingerprint density at radius 3 is 2.06 bits per heavy atom. The molecule has 0 spiro atoms. The van der Waals surface area contributed by atoms with Gasteiger partial charge in [0.25, 0.3) is 0 Å². The predicted octanol–water partition coefficient (Wildman–Crippen LogP) is 7.64. The van der Waals surface area contributed by atoms with E-state index in [1.807, 2.05) is 24.3 Å². The summed E-state index contributed by atoms with van der Waals surface area (Å²) in [4.78, 5) is 0. The molecule has 0 bridgehead atoms. The zero-order valence-electron chi connectivity index (χ0n) is 19.5. The first-order valence-electron chi connectivity index (χ1n) is 11.8. The summed E-state index contributed by atoms with van der Waals surface area (Å²) in [6.45, 7) is 2.16. The van der Waals surface area contributed by atoms with Crippen LogP contribution in [0.5, 0.6) is 5.75 Å². The Balaban J connectivity index is 1.46. The lowest BCUT2D eigenvalue weighted by atomic mass is 9.98. The van der Waals surface area contributed by atoms with Gasteiger partial charge in [0.2, 0.25) is 0 Å². The molecule has 3 aromatic carbocycles. The number of rotatable bonds is 9. The fourth-order valence-electron chi connectivity index (χ4n) is 4.15. The summed E-state index contributed by atoms with van der Waals surface area (Å²) in [5.41, 5.74) is 2.35. The van der Waals surface area contributed by atoms with Crippen LogP contribution in [-0.4, -0.2) is 26.5 Å². The van der Waals surface area contributed by atoms with E-state index in [0.717, 1.165) is 42.5 Å². The number of unbranched alkanes of at least 4 members (excludes halogenated alkanes) is 1. The van der Waals surface area contributed by atoms with Crippen molar-refractivity contribution >= 4 is 0 Å². The van der Waals surface area contributed by atoms with Gasteiger partial charge in [0.1, 0.15) is 19.1 Å². The molecule has 35 heavy (non-hydrogen) atoms. The van der Waals surface area contributed by atoms with E-state index in [1.165, 1.54) is 12.1 Å². The molecular weight excluding hydrogens is 460 g/mol. The van der Waals surface area contributed by atoms with E-state index >= 15 is 0 Å². The third-order valence-electron chi connectivity index (χ3n) is 6.05. The lowest BCUT2D eigenvalue weighted by molar-refractivity contribution is -0.206. The number of hydrogen-bond acceptors (Lipinski definition) is 3. The van der Waals surface area contributed by atoms with Gasteiger partial charge in [-0.3, -0.25) is 0 Å². The quantitative estimate of drug-likeness (QED) is 0.290. The molecule has 1 aliphatic rings. The summed E-state index contributed by atoms with van der Waals surface area (Å²) in [6, 6.07) is 13.9. The van der Waals surface area contributed by atoms with Crippen LogP contribution in [0, 0.1) is 23.4 Å². The highest BCUT2D eigenvalue weighted by atomic mass is 19.1. The molecule has 0 atom stereocenters. The molecule has 0 aliphatic carbocycles. The fourth-order valence-corrected chi connectivity index (χ4v) is 4.15. The maximum absolute atomic E-state index is 14.9. The number of ether oxygens (including phenoxy) is 3. The number of halogens is 4. The molecule has 1 aliphatic heterocycles. The summed E-state index contributed by atoms with van der Waals surface area (Å²) in [5, 5.41) is 0. The summed E-state index contributed by atoms with van der Waals surface area (Å²) in [5.74, 6) is -2.91. The van der Waals surface area contributed by atoms with Crippen LogP contribution in [0.1, 0.15) is 38.0 Å². The topological polar surface area (TPSA) is 27.7 Å². The fraction of sp³-hybridized carbons (Fsp3) is 0.357. The van der Waals surface area contributed by atoms with Crippen molar-refractivity contribution < 1.29 is 31.8 Å². The highest BCUT2D eigenvalue weighted by molar-refractivity contribution is 5.71. The van der Waals surface area contributed by atoms with Crippen molar-refractivity contribution in [3.8, 4) is 28.0 Å². The second kappa shape index (κ2) is 11.7. The molecular formula is C28H28F4O3. The Morgan fingerprint density at radius 2 is 1.46 bits per heavy atom. The SMILES string of the molecule is CCCCC1COC(c2ccc(-c3ccc(-c4cc(F)c(OCCF)c(F)c4)c(F)c3)cc2)OC1. The Bertz CT molecular complexity index is 1100. The van der Waals surface area contributed by atoms with Gasteiger partial charge in [0.05, 0.1) is 13.2 Å². The smallest absolute Gasteiger partial charge is 0.190 e. The van der Waals surface area contributed by atoms with Crippen LogP contribution in [-0.2, 0) is 9.47 Å². The first kappa shape index (κ1) is 25.2. The van der Waals surface area contributed by atoms with Gasteiger partial charge >= 0.3 is 0 Å². The molecule has 0 unspecified atom stereocenters. The van der Waals surface area contributed by atoms with Gasteiger partial charge in [-0.25, -0.2) is 17.6 Å². The minimum Gasteiger partial charge on any atom is -0.485 e. The van der Waals surface area contributed by atoms with Crippen molar-refractivity contribution in [1.82, 2.24) is 0 Å². The van der Waals surface area contributed by atoms with Crippen molar-refractivity contribution in [1.29, 1.82) is 0 Å². The zero-order valence-corrected chi connectivity index (χ0v) is 19.5. The molecule has 3 nitrogen and oxygen atoms in total. The molecule has 1 heterocycles. The molecule has 0 N–H and O–H groups in total. The molecule has 7 heteroatoms. The van der Waals surface area contributed by atoms with Gasteiger partial charge in [0.15, 0.2) is 23.7 Å². The van der Waals surface area contributed by atoms with E-state index in [4.69, 9.17) is 14.2 Å². The van der Waals surface area contributed by atoms with Gasteiger partial charge in [-0.1, -0.05) is 56.2 Å². The first-order chi connectivity index (χ1) is 17.0. The predicted molar refractivity (Wildman–Crippen MR) is 126 cm³/mol. The van der Waals surface area contributed by atoms with E-state index in [-0.39, 0.29) is 11.1 Å². The third-order valence-corrected chi connectivity index (χ3v) is 6.05. The van der Waals surface area contributed by atoms with E-state index in [9.17, 15) is 17.6 Å². The van der Waals surface area contributed by atoms with Gasteiger partial charge < -0.3 is 14.2 Å². The standard InChI is InChI=1S/C28H28F4O3/c1-2-3-4-18-16-34-28(35-17-18)20-7-5-19(6-8-20)21-9-10-23(24(30)13-21)22-14-25(31)27(26(32)15-22)33-12-11-29/h5-10,13-15,18,28H,2-4,11-12,16-17H2,1H3. The molecule has 186 valence electrons. The summed E-state index contributed by atoms with van der Waals surface area (Å²) in [7, 11) is 0. The second-order valence-corrected chi connectivity index (χ2v) is 8.63. The Kier molecular flexibility index (Phi) is 8.42. The normalized spacial score (nSPS) is 18.0. The molecule has 4 rings (SSSR count). The van der Waals surface area contributed by atoms with Crippen molar-refractivity contribution in [3.05, 3.63) is 77.6 Å². The van der Waals surface area contributed by atoms with Crippen LogP contribution in [0.15, 0.2) is 54.6 Å². The summed E-state index contributed by atoms with van der Waals surface area (Å²) in [6.07, 6.45) is 3.00. The second-order valence-electron chi connectivity index (χ2n) is 8.63. The Labute approximate surface area is 202 Å². The number of benzene rings is 3. The summed E-state index contributed by atoms with van der Waals surface area (Å²) >= 11 is 0. The molecule has 0 radical (unpaired) electrons. The molecule has 0 saturated carbocycles. The van der Waals surface area contributed by atoms with Gasteiger partial charge in [-0.2, -0.15) is 0 Å². The highest BCUT2D eigenvalue weighted by Gasteiger charge is 2.23. The van der Waals surface area contributed by atoms with Gasteiger partial charge in [-0.15, -0.1) is 0 Å². The van der Waals surface area contributed by atoms with Gasteiger partial charge in [-0.05, 0) is 41.3 Å². The lowest BCUT2D eigenvalue weighted by Crippen LogP contribution is -2.27. The lowest BCUT2D eigenvalue weighted by Gasteiger charge is -2.29. The van der Waals surface area contributed by atoms with E-state index in [0.29, 0.717) is 24.7 Å². The summed E-state index contributed by atoms with van der Waals surface area (Å²) < 4.78 is 72.2. The minimum atomic E-state index is -1.02. The minimum absolute atomic E-state index is 0.0239. The maximum atomic E-state index is 14.9. The van der Waals surface area contributed by atoms with Gasteiger partial charge in [0, 0.05) is 17.0 Å². The molecule has 3 aromatic rings. The monoisotopic (exact) mass is 488 g/mol. The van der Waals surface area contributed by atoms with E-state index < -0.39 is 42.8 Å². The first-order valence-corrected chi connectivity index (χ1v) is 11.8. The van der Waals surface area contributed by atoms with Crippen LogP contribution < -0.4 is 4.74 Å². The number of hydrogen-bond donors (Lipinski definition) is 0. The average Bonchev–Trinajstić information content (AvgIpc) is 2.87. The van der Waals surface area contributed by atoms with Crippen LogP contribution >= 0.6 is 0 Å². The Morgan fingerprint density at radius 1 is 0.829 bits per heavy atom. The maximum Gasteiger partial charge on any atom is 0.190 e. The third kappa shape index (κ3) is 6.03. The molecule has 1 fully saturated rings. The van der Waals surface area contributed by atoms with Crippen LogP contribution in [0.2, 0.25) is 0 Å². The zero-order chi connectivity index (χ0) is 24.8. The van der Waals surface area contributed by atoms with Crippen LogP contribution in [0.4, 0.5) is 17.6 Å². The van der Waals surface area contributed by atoms with Crippen molar-refractivity contribution in [2.45, 2.75) is 32.5 Å².